The van der Waals surface area contributed by atoms with E-state index in [-0.39, 0.29) is 24.1 Å². The number of carbonyl (C=O) groups is 1. The lowest BCUT2D eigenvalue weighted by Crippen LogP contribution is -2.48. The highest BCUT2D eigenvalue weighted by Gasteiger charge is 2.29. The van der Waals surface area contributed by atoms with Gasteiger partial charge < -0.3 is 19.5 Å². The van der Waals surface area contributed by atoms with Gasteiger partial charge in [-0.2, -0.15) is 0 Å². The third-order valence-corrected chi connectivity index (χ3v) is 4.58. The van der Waals surface area contributed by atoms with Gasteiger partial charge in [0, 0.05) is 30.2 Å². The second-order valence-electron chi connectivity index (χ2n) is 8.19. The maximum atomic E-state index is 14.5. The van der Waals surface area contributed by atoms with Crippen molar-refractivity contribution >= 4 is 6.09 Å². The molecule has 1 amide bonds. The Morgan fingerprint density at radius 3 is 2.73 bits per heavy atom. The highest BCUT2D eigenvalue weighted by atomic mass is 19.1. The molecule has 3 rings (SSSR count). The molecular formula is C22H26F2N2O4. The molecule has 1 aromatic heterocycles. The Hall–Kier alpha value is -2.74. The third kappa shape index (κ3) is 6.13. The molecule has 1 N–H and O–H groups in total. The van der Waals surface area contributed by atoms with E-state index in [9.17, 15) is 13.6 Å². The quantitative estimate of drug-likeness (QED) is 0.780. The average Bonchev–Trinajstić information content (AvgIpc) is 2.67. The van der Waals surface area contributed by atoms with Gasteiger partial charge in [-0.3, -0.25) is 4.98 Å². The van der Waals surface area contributed by atoms with Crippen molar-refractivity contribution in [2.24, 2.45) is 5.92 Å². The van der Waals surface area contributed by atoms with E-state index in [0.717, 1.165) is 6.20 Å². The number of nitrogens with one attached hydrogen (secondary N) is 1. The fourth-order valence-electron chi connectivity index (χ4n) is 3.14. The van der Waals surface area contributed by atoms with Crippen LogP contribution >= 0.6 is 0 Å². The highest BCUT2D eigenvalue weighted by molar-refractivity contribution is 5.68. The van der Waals surface area contributed by atoms with Crippen molar-refractivity contribution in [1.82, 2.24) is 10.3 Å². The third-order valence-electron chi connectivity index (χ3n) is 4.58. The van der Waals surface area contributed by atoms with Crippen LogP contribution in [0.5, 0.6) is 5.75 Å². The molecule has 2 unspecified atom stereocenters. The maximum Gasteiger partial charge on any atom is 0.407 e. The van der Waals surface area contributed by atoms with Crippen molar-refractivity contribution in [3.05, 3.63) is 48.2 Å². The number of nitrogens with zero attached hydrogens (tertiary/aromatic N) is 1. The molecule has 6 nitrogen and oxygen atoms in total. The Balaban J connectivity index is 1.61. The van der Waals surface area contributed by atoms with Crippen molar-refractivity contribution in [2.45, 2.75) is 38.8 Å². The minimum absolute atomic E-state index is 0.104. The molecule has 1 fully saturated rings. The van der Waals surface area contributed by atoms with E-state index in [4.69, 9.17) is 14.2 Å². The predicted molar refractivity (Wildman–Crippen MR) is 107 cm³/mol. The number of rotatable bonds is 5. The highest BCUT2D eigenvalue weighted by Crippen LogP contribution is 2.26. The molecule has 0 bridgehead atoms. The first-order valence-corrected chi connectivity index (χ1v) is 9.83. The first kappa shape index (κ1) is 22.0. The number of hydrogen-bond acceptors (Lipinski definition) is 5. The largest absolute Gasteiger partial charge is 0.493 e. The minimum atomic E-state index is -0.583. The zero-order valence-corrected chi connectivity index (χ0v) is 17.3. The second-order valence-corrected chi connectivity index (χ2v) is 8.19. The van der Waals surface area contributed by atoms with Crippen LogP contribution in [0, 0.1) is 17.6 Å². The van der Waals surface area contributed by atoms with Crippen LogP contribution < -0.4 is 10.1 Å². The summed E-state index contributed by atoms with van der Waals surface area (Å²) in [7, 11) is 0. The molecule has 30 heavy (non-hydrogen) atoms. The molecule has 1 aliphatic heterocycles. The van der Waals surface area contributed by atoms with E-state index >= 15 is 0 Å². The molecule has 8 heteroatoms. The molecule has 0 saturated carbocycles. The second kappa shape index (κ2) is 9.38. The fraction of sp³-hybridized carbons (Fsp3) is 0.455. The number of hydrogen-bond donors (Lipinski definition) is 1. The van der Waals surface area contributed by atoms with Crippen molar-refractivity contribution in [3.8, 4) is 17.0 Å². The Bertz CT molecular complexity index is 868. The molecular weight excluding hydrogens is 394 g/mol. The van der Waals surface area contributed by atoms with Crippen molar-refractivity contribution in [1.29, 1.82) is 0 Å². The van der Waals surface area contributed by atoms with E-state index in [0.29, 0.717) is 31.1 Å². The van der Waals surface area contributed by atoms with Crippen molar-refractivity contribution < 1.29 is 27.8 Å². The molecule has 0 radical (unpaired) electrons. The van der Waals surface area contributed by atoms with Gasteiger partial charge in [0.25, 0.3) is 0 Å². The van der Waals surface area contributed by atoms with Gasteiger partial charge in [-0.05, 0) is 51.5 Å². The molecule has 1 aliphatic rings. The summed E-state index contributed by atoms with van der Waals surface area (Å²) < 4.78 is 44.1. The Labute approximate surface area is 174 Å². The molecule has 1 aromatic carbocycles. The van der Waals surface area contributed by atoms with Gasteiger partial charge in [0.2, 0.25) is 0 Å². The number of halogens is 2. The predicted octanol–water partition coefficient (Wildman–Crippen LogP) is 4.34. The zero-order chi connectivity index (χ0) is 21.7. The topological polar surface area (TPSA) is 69.7 Å². The smallest absolute Gasteiger partial charge is 0.407 e. The monoisotopic (exact) mass is 420 g/mol. The first-order valence-electron chi connectivity index (χ1n) is 9.83. The lowest BCUT2D eigenvalue weighted by molar-refractivity contribution is 0.00437. The van der Waals surface area contributed by atoms with Gasteiger partial charge in [0.1, 0.15) is 23.0 Å². The summed E-state index contributed by atoms with van der Waals surface area (Å²) >= 11 is 0. The summed E-state index contributed by atoms with van der Waals surface area (Å²) in [6.45, 7) is 6.60. The molecule has 0 spiro atoms. The standard InChI is InChI=1S/C22H26F2N2O4/c1-22(2,3)30-21(27)26-19-8-9-28-12-14(19)13-29-16-5-6-17(18(24)10-16)20-7-4-15(23)11-25-20/h4-7,10-11,14,19H,8-9,12-13H2,1-3H3,(H,26,27). The van der Waals surface area contributed by atoms with Crippen LogP contribution in [0.1, 0.15) is 27.2 Å². The van der Waals surface area contributed by atoms with E-state index in [2.05, 4.69) is 10.3 Å². The van der Waals surface area contributed by atoms with Crippen molar-refractivity contribution in [2.75, 3.05) is 19.8 Å². The number of ether oxygens (including phenoxy) is 3. The zero-order valence-electron chi connectivity index (χ0n) is 17.3. The summed E-state index contributed by atoms with van der Waals surface area (Å²) in [5, 5.41) is 2.87. The summed E-state index contributed by atoms with van der Waals surface area (Å²) in [6, 6.07) is 6.91. The number of benzene rings is 1. The van der Waals surface area contributed by atoms with Crippen LogP contribution in [-0.2, 0) is 9.47 Å². The SMILES string of the molecule is CC(C)(C)OC(=O)NC1CCOCC1COc1ccc(-c2ccc(F)cn2)c(F)c1. The van der Waals surface area contributed by atoms with Crippen LogP contribution in [0.3, 0.4) is 0 Å². The summed E-state index contributed by atoms with van der Waals surface area (Å²) in [4.78, 5) is 16.0. The molecule has 2 atom stereocenters. The van der Waals surface area contributed by atoms with Gasteiger partial charge in [-0.15, -0.1) is 0 Å². The number of alkyl carbamates (subject to hydrolysis) is 1. The van der Waals surface area contributed by atoms with Gasteiger partial charge in [0.05, 0.1) is 25.1 Å². The average molecular weight is 420 g/mol. The Morgan fingerprint density at radius 1 is 1.27 bits per heavy atom. The van der Waals surface area contributed by atoms with Gasteiger partial charge in [0.15, 0.2) is 0 Å². The lowest BCUT2D eigenvalue weighted by Gasteiger charge is -2.32. The lowest BCUT2D eigenvalue weighted by atomic mass is 9.97. The molecule has 2 aromatic rings. The van der Waals surface area contributed by atoms with Gasteiger partial charge in [-0.1, -0.05) is 0 Å². The van der Waals surface area contributed by atoms with Crippen molar-refractivity contribution in [3.63, 3.8) is 0 Å². The first-order chi connectivity index (χ1) is 14.2. The maximum absolute atomic E-state index is 14.5. The normalized spacial score (nSPS) is 19.2. The van der Waals surface area contributed by atoms with Gasteiger partial charge >= 0.3 is 6.09 Å². The van der Waals surface area contributed by atoms with Gasteiger partial charge in [-0.25, -0.2) is 13.6 Å². The number of pyridine rings is 1. The van der Waals surface area contributed by atoms with Crippen LogP contribution in [0.2, 0.25) is 0 Å². The van der Waals surface area contributed by atoms with Crippen LogP contribution in [0.25, 0.3) is 11.3 Å². The Morgan fingerprint density at radius 2 is 2.07 bits per heavy atom. The molecule has 1 saturated heterocycles. The number of carbonyl (C=O) groups excluding carboxylic acids is 1. The number of aromatic nitrogens is 1. The Kier molecular flexibility index (Phi) is 6.87. The van der Waals surface area contributed by atoms with Crippen LogP contribution in [0.15, 0.2) is 36.5 Å². The summed E-state index contributed by atoms with van der Waals surface area (Å²) in [6.07, 6.45) is 1.19. The van der Waals surface area contributed by atoms with E-state index in [1.54, 1.807) is 32.9 Å². The fourth-order valence-corrected chi connectivity index (χ4v) is 3.14. The van der Waals surface area contributed by atoms with Crippen LogP contribution in [-0.4, -0.2) is 42.5 Å². The minimum Gasteiger partial charge on any atom is -0.493 e. The van der Waals surface area contributed by atoms with Crippen LogP contribution in [0.4, 0.5) is 13.6 Å². The van der Waals surface area contributed by atoms with E-state index in [1.165, 1.54) is 18.2 Å². The number of amides is 1. The molecule has 2 heterocycles. The molecule has 0 aliphatic carbocycles. The molecule has 162 valence electrons. The summed E-state index contributed by atoms with van der Waals surface area (Å²) in [5.41, 5.74) is 0.00969. The van der Waals surface area contributed by atoms with E-state index in [1.807, 2.05) is 0 Å². The summed E-state index contributed by atoms with van der Waals surface area (Å²) in [5.74, 6) is -0.758. The van der Waals surface area contributed by atoms with E-state index < -0.39 is 23.3 Å².